The lowest BCUT2D eigenvalue weighted by molar-refractivity contribution is -0.140. The lowest BCUT2D eigenvalue weighted by Crippen LogP contribution is -2.41. The van der Waals surface area contributed by atoms with Crippen LogP contribution in [0.15, 0.2) is 58.7 Å². The van der Waals surface area contributed by atoms with E-state index in [1.165, 1.54) is 0 Å². The van der Waals surface area contributed by atoms with E-state index in [0.29, 0.717) is 48.0 Å². The van der Waals surface area contributed by atoms with Crippen molar-refractivity contribution in [3.05, 3.63) is 64.9 Å². The fourth-order valence-corrected chi connectivity index (χ4v) is 5.61. The third kappa shape index (κ3) is 6.22. The van der Waals surface area contributed by atoms with Gasteiger partial charge in [-0.3, -0.25) is 9.79 Å². The first-order valence-electron chi connectivity index (χ1n) is 13.8. The number of nitrogens with zero attached hydrogens (tertiary/aromatic N) is 1. The quantitative estimate of drug-likeness (QED) is 0.250. The number of rotatable bonds is 12. The molecule has 8 nitrogen and oxygen atoms in total. The largest absolute Gasteiger partial charge is 0.493 e. The molecule has 1 aliphatic carbocycles. The van der Waals surface area contributed by atoms with Crippen LogP contribution >= 0.6 is 0 Å². The molecule has 0 saturated heterocycles. The summed E-state index contributed by atoms with van der Waals surface area (Å²) in [6.07, 6.45) is 2.81. The zero-order chi connectivity index (χ0) is 28.6. The molecular formula is C32H39NO7. The number of ketones is 1. The molecule has 0 radical (unpaired) electrons. The van der Waals surface area contributed by atoms with Gasteiger partial charge in [0.2, 0.25) is 0 Å². The molecule has 0 bridgehead atoms. The number of carbonyl (C=O) groups is 2. The topological polar surface area (TPSA) is 92.7 Å². The van der Waals surface area contributed by atoms with Crippen molar-refractivity contribution in [2.24, 2.45) is 10.9 Å². The summed E-state index contributed by atoms with van der Waals surface area (Å²) in [4.78, 5) is 32.3. The van der Waals surface area contributed by atoms with Gasteiger partial charge in [0.05, 0.1) is 38.9 Å². The molecule has 4 rings (SSSR count). The van der Waals surface area contributed by atoms with Crippen LogP contribution in [0.5, 0.6) is 17.2 Å². The molecule has 2 aromatic carbocycles. The first-order chi connectivity index (χ1) is 19.4. The minimum Gasteiger partial charge on any atom is -0.493 e. The SMILES string of the molecule is CCCCOc1ccccc1[C@@H]1C(C(=O)OCCOC)=C(C)N=C2C[C@H](c3ccc(OC)c(OC)c3)CC(=O)C21. The third-order valence-corrected chi connectivity index (χ3v) is 7.58. The normalized spacial score (nSPS) is 20.5. The highest BCUT2D eigenvalue weighted by atomic mass is 16.6. The van der Waals surface area contributed by atoms with Crippen LogP contribution in [0.4, 0.5) is 0 Å². The van der Waals surface area contributed by atoms with E-state index in [1.807, 2.05) is 49.4 Å². The van der Waals surface area contributed by atoms with Crippen molar-refractivity contribution in [2.75, 3.05) is 41.2 Å². The predicted molar refractivity (Wildman–Crippen MR) is 153 cm³/mol. The van der Waals surface area contributed by atoms with E-state index in [9.17, 15) is 9.59 Å². The molecule has 1 aliphatic heterocycles. The van der Waals surface area contributed by atoms with Crippen molar-refractivity contribution in [1.29, 1.82) is 0 Å². The average Bonchev–Trinajstić information content (AvgIpc) is 2.96. The summed E-state index contributed by atoms with van der Waals surface area (Å²) in [7, 11) is 4.75. The first kappa shape index (κ1) is 29.3. The predicted octanol–water partition coefficient (Wildman–Crippen LogP) is 5.65. The van der Waals surface area contributed by atoms with Gasteiger partial charge in [-0.2, -0.15) is 0 Å². The average molecular weight is 550 g/mol. The maximum atomic E-state index is 14.0. The number of Topliss-reactive ketones (excluding diaryl/α,β-unsaturated/α-hetero) is 1. The number of hydrogen-bond acceptors (Lipinski definition) is 8. The van der Waals surface area contributed by atoms with Crippen molar-refractivity contribution in [1.82, 2.24) is 0 Å². The third-order valence-electron chi connectivity index (χ3n) is 7.58. The number of carbonyl (C=O) groups excluding carboxylic acids is 2. The molecule has 2 aromatic rings. The van der Waals surface area contributed by atoms with Crippen LogP contribution in [-0.4, -0.2) is 58.6 Å². The minimum absolute atomic E-state index is 0.0350. The highest BCUT2D eigenvalue weighted by molar-refractivity contribution is 6.12. The molecular weight excluding hydrogens is 510 g/mol. The summed E-state index contributed by atoms with van der Waals surface area (Å²) >= 11 is 0. The van der Waals surface area contributed by atoms with Gasteiger partial charge in [-0.15, -0.1) is 0 Å². The second kappa shape index (κ2) is 13.6. The van der Waals surface area contributed by atoms with Gasteiger partial charge in [-0.25, -0.2) is 4.79 Å². The summed E-state index contributed by atoms with van der Waals surface area (Å²) in [5.41, 5.74) is 3.51. The van der Waals surface area contributed by atoms with Gasteiger partial charge < -0.3 is 23.7 Å². The molecule has 2 aliphatic rings. The zero-order valence-electron chi connectivity index (χ0n) is 24.0. The Labute approximate surface area is 236 Å². The number of allylic oxidation sites excluding steroid dienone is 1. The molecule has 1 saturated carbocycles. The van der Waals surface area contributed by atoms with Crippen LogP contribution in [0.25, 0.3) is 0 Å². The molecule has 0 N–H and O–H groups in total. The van der Waals surface area contributed by atoms with Crippen molar-refractivity contribution >= 4 is 17.5 Å². The van der Waals surface area contributed by atoms with E-state index >= 15 is 0 Å². The standard InChI is InChI=1S/C32H39NO7/c1-6-7-14-39-26-11-9-8-10-23(26)30-29(32(35)40-16-15-36-3)20(2)33-24-17-22(18-25(34)31(24)30)21-12-13-27(37-4)28(19-21)38-5/h8-13,19,22,30-31H,6-7,14-18H2,1-5H3/t22-,30+,31?/m0/s1. The molecule has 1 heterocycles. The minimum atomic E-state index is -0.582. The lowest BCUT2D eigenvalue weighted by Gasteiger charge is -2.38. The molecule has 1 unspecified atom stereocenters. The van der Waals surface area contributed by atoms with E-state index in [0.717, 1.165) is 29.7 Å². The number of methoxy groups -OCH3 is 3. The Morgan fingerprint density at radius 3 is 2.42 bits per heavy atom. The van der Waals surface area contributed by atoms with E-state index in [4.69, 9.17) is 28.7 Å². The summed E-state index contributed by atoms with van der Waals surface area (Å²) < 4.78 is 27.7. The van der Waals surface area contributed by atoms with Gasteiger partial charge in [-0.1, -0.05) is 37.6 Å². The van der Waals surface area contributed by atoms with E-state index in [1.54, 1.807) is 21.3 Å². The molecule has 3 atom stereocenters. The van der Waals surface area contributed by atoms with Crippen LogP contribution < -0.4 is 14.2 Å². The second-order valence-electron chi connectivity index (χ2n) is 10.1. The number of unbranched alkanes of at least 4 members (excludes halogenated alkanes) is 1. The number of benzene rings is 2. The van der Waals surface area contributed by atoms with Crippen molar-refractivity contribution in [2.45, 2.75) is 51.4 Å². The number of para-hydroxylation sites is 1. The van der Waals surface area contributed by atoms with Gasteiger partial charge in [0.25, 0.3) is 0 Å². The Bertz CT molecular complexity index is 1280. The summed E-state index contributed by atoms with van der Waals surface area (Å²) in [5.74, 6) is 0.271. The molecule has 0 aromatic heterocycles. The molecule has 8 heteroatoms. The Balaban J connectivity index is 1.75. The van der Waals surface area contributed by atoms with E-state index < -0.39 is 17.8 Å². The monoisotopic (exact) mass is 549 g/mol. The smallest absolute Gasteiger partial charge is 0.336 e. The molecule has 40 heavy (non-hydrogen) atoms. The van der Waals surface area contributed by atoms with E-state index in [-0.39, 0.29) is 24.9 Å². The fourth-order valence-electron chi connectivity index (χ4n) is 5.61. The Morgan fingerprint density at radius 1 is 0.925 bits per heavy atom. The first-order valence-corrected chi connectivity index (χ1v) is 13.8. The number of hydrogen-bond donors (Lipinski definition) is 0. The van der Waals surface area contributed by atoms with E-state index in [2.05, 4.69) is 6.92 Å². The zero-order valence-corrected chi connectivity index (χ0v) is 24.0. The number of ether oxygens (including phenoxy) is 5. The Hall–Kier alpha value is -3.65. The second-order valence-corrected chi connectivity index (χ2v) is 10.1. The van der Waals surface area contributed by atoms with Crippen molar-refractivity contribution in [3.8, 4) is 17.2 Å². The van der Waals surface area contributed by atoms with Gasteiger partial charge >= 0.3 is 5.97 Å². The number of esters is 1. The Kier molecular flexibility index (Phi) is 9.98. The van der Waals surface area contributed by atoms with Crippen LogP contribution in [0.3, 0.4) is 0 Å². The molecule has 214 valence electrons. The van der Waals surface area contributed by atoms with Crippen LogP contribution in [0, 0.1) is 5.92 Å². The maximum Gasteiger partial charge on any atom is 0.336 e. The highest BCUT2D eigenvalue weighted by Crippen LogP contribution is 2.48. The van der Waals surface area contributed by atoms with Crippen molar-refractivity contribution < 1.29 is 33.3 Å². The summed E-state index contributed by atoms with van der Waals surface area (Å²) in [6.45, 7) is 4.87. The maximum absolute atomic E-state index is 14.0. The van der Waals surface area contributed by atoms with Gasteiger partial charge in [-0.05, 0) is 49.4 Å². The lowest BCUT2D eigenvalue weighted by atomic mass is 9.66. The van der Waals surface area contributed by atoms with Crippen LogP contribution in [0.2, 0.25) is 0 Å². The van der Waals surface area contributed by atoms with Crippen LogP contribution in [-0.2, 0) is 19.1 Å². The summed E-state index contributed by atoms with van der Waals surface area (Å²) in [5, 5.41) is 0. The molecule has 1 fully saturated rings. The van der Waals surface area contributed by atoms with Crippen molar-refractivity contribution in [3.63, 3.8) is 0 Å². The van der Waals surface area contributed by atoms with Gasteiger partial charge in [0.15, 0.2) is 11.5 Å². The number of aliphatic imine (C=N–C) groups is 1. The van der Waals surface area contributed by atoms with Gasteiger partial charge in [0, 0.05) is 36.4 Å². The highest BCUT2D eigenvalue weighted by Gasteiger charge is 2.47. The Morgan fingerprint density at radius 2 is 1.70 bits per heavy atom. The van der Waals surface area contributed by atoms with Crippen LogP contribution in [0.1, 0.15) is 62.5 Å². The molecule has 0 amide bonds. The van der Waals surface area contributed by atoms with Gasteiger partial charge in [0.1, 0.15) is 18.1 Å². The number of fused-ring (bicyclic) bond motifs is 1. The summed E-state index contributed by atoms with van der Waals surface area (Å²) in [6, 6.07) is 13.4. The molecule has 0 spiro atoms. The fraction of sp³-hybridized carbons (Fsp3) is 0.469.